The fraction of sp³-hybridized carbons (Fsp3) is 0.229. The summed E-state index contributed by atoms with van der Waals surface area (Å²) < 4.78 is 34.1. The molecule has 0 bridgehead atoms. The number of anilines is 1. The van der Waals surface area contributed by atoms with Crippen molar-refractivity contribution in [2.45, 2.75) is 38.6 Å². The maximum Gasteiger partial charge on any atom is 0.300 e. The van der Waals surface area contributed by atoms with Crippen molar-refractivity contribution in [2.24, 2.45) is 7.05 Å². The van der Waals surface area contributed by atoms with Crippen LogP contribution in [0.2, 0.25) is 0 Å². The minimum atomic E-state index is -4.01. The molecule has 0 unspecified atom stereocenters. The van der Waals surface area contributed by atoms with E-state index in [9.17, 15) is 18.0 Å². The summed E-state index contributed by atoms with van der Waals surface area (Å²) in [6.45, 7) is 1.82. The Morgan fingerprint density at radius 3 is 2.57 bits per heavy atom. The molecule has 49 heavy (non-hydrogen) atoms. The molecule has 0 fully saturated rings. The minimum absolute atomic E-state index is 0.0554. The molecule has 0 radical (unpaired) electrons. The lowest BCUT2D eigenvalue weighted by Crippen LogP contribution is -2.34. The maximum absolute atomic E-state index is 14.8. The van der Waals surface area contributed by atoms with E-state index in [1.165, 1.54) is 17.8 Å². The molecule has 3 N–H and O–H groups in total. The normalized spacial score (nSPS) is 13.4. The van der Waals surface area contributed by atoms with Crippen LogP contribution in [0.5, 0.6) is 0 Å². The largest absolute Gasteiger partial charge is 0.344 e. The second kappa shape index (κ2) is 12.7. The molecule has 0 spiro atoms. The lowest BCUT2D eigenvalue weighted by Gasteiger charge is -2.25. The summed E-state index contributed by atoms with van der Waals surface area (Å²) in [5.74, 6) is 5.61. The summed E-state index contributed by atoms with van der Waals surface area (Å²) in [4.78, 5) is 33.3. The van der Waals surface area contributed by atoms with Crippen LogP contribution in [0.1, 0.15) is 64.1 Å². The maximum atomic E-state index is 14.8. The van der Waals surface area contributed by atoms with Gasteiger partial charge in [0.2, 0.25) is 0 Å². The number of nitrogens with zero attached hydrogens (tertiary/aromatic N) is 6. The van der Waals surface area contributed by atoms with Crippen LogP contribution in [-0.2, 0) is 30.1 Å². The van der Waals surface area contributed by atoms with Crippen LogP contribution in [0.3, 0.4) is 0 Å². The van der Waals surface area contributed by atoms with Gasteiger partial charge in [0, 0.05) is 43.9 Å². The van der Waals surface area contributed by atoms with Gasteiger partial charge in [-0.2, -0.15) is 13.5 Å². The Balaban J connectivity index is 1.43. The number of benzene rings is 2. The third-order valence-corrected chi connectivity index (χ3v) is 9.62. The van der Waals surface area contributed by atoms with Crippen molar-refractivity contribution in [3.05, 3.63) is 117 Å². The zero-order valence-electron chi connectivity index (χ0n) is 27.1. The summed E-state index contributed by atoms with van der Waals surface area (Å²) in [7, 11) is -0.938. The van der Waals surface area contributed by atoms with E-state index in [1.807, 2.05) is 56.6 Å². The standard InChI is InChI=1S/C35H33N9O4S/c1-22(39-34(45)30-32(41-49(47,48)36-2)40-43-19-9-18-37-33(30)43)31-27-13-8-7-10-24-16-17-25(15-14-23-20-38-42(3)21-23)29(28(24)27)35(46)44(31)26-11-5-4-6-12-26/h4-6,9,11-12,16-22,36H,7-8,10,13H2,1-3H3,(H,39,45)(H,40,41)/t22-/m0/s1. The first kappa shape index (κ1) is 31.8. The number of pyridine rings is 1. The lowest BCUT2D eigenvalue weighted by molar-refractivity contribution is 0.0941. The van der Waals surface area contributed by atoms with Gasteiger partial charge in [-0.15, -0.1) is 5.10 Å². The summed E-state index contributed by atoms with van der Waals surface area (Å²) >= 11 is 0. The predicted octanol–water partition coefficient (Wildman–Crippen LogP) is 3.41. The van der Waals surface area contributed by atoms with Crippen LogP contribution in [0.15, 0.2) is 78.1 Å². The van der Waals surface area contributed by atoms with E-state index in [2.05, 4.69) is 47.8 Å². The van der Waals surface area contributed by atoms with Gasteiger partial charge in [-0.1, -0.05) is 36.1 Å². The number of nitrogens with one attached hydrogen (secondary N) is 3. The molecule has 2 aromatic carbocycles. The van der Waals surface area contributed by atoms with Crippen LogP contribution >= 0.6 is 0 Å². The number of carbonyl (C=O) groups excluding carboxylic acids is 1. The molecule has 1 atom stereocenters. The highest BCUT2D eigenvalue weighted by Crippen LogP contribution is 2.35. The molecule has 6 aromatic rings. The van der Waals surface area contributed by atoms with E-state index in [0.717, 1.165) is 41.3 Å². The molecule has 1 amide bonds. The Bertz CT molecular complexity index is 2490. The van der Waals surface area contributed by atoms with Crippen molar-refractivity contribution in [3.8, 4) is 17.5 Å². The molecule has 1 aliphatic carbocycles. The van der Waals surface area contributed by atoms with Crippen LogP contribution < -0.4 is 20.3 Å². The van der Waals surface area contributed by atoms with Crippen molar-refractivity contribution in [1.29, 1.82) is 0 Å². The van der Waals surface area contributed by atoms with Crippen LogP contribution in [0.25, 0.3) is 22.1 Å². The van der Waals surface area contributed by atoms with Gasteiger partial charge in [0.25, 0.3) is 21.7 Å². The topological polar surface area (TPSA) is 157 Å². The zero-order chi connectivity index (χ0) is 34.3. The molecule has 0 saturated heterocycles. The summed E-state index contributed by atoms with van der Waals surface area (Å²) in [5, 5.41) is 12.9. The van der Waals surface area contributed by atoms with Crippen molar-refractivity contribution >= 4 is 38.4 Å². The molecule has 4 heterocycles. The fourth-order valence-corrected chi connectivity index (χ4v) is 6.98. The van der Waals surface area contributed by atoms with E-state index in [0.29, 0.717) is 28.8 Å². The Morgan fingerprint density at radius 1 is 1.02 bits per heavy atom. The number of carbonyl (C=O) groups is 1. The zero-order valence-corrected chi connectivity index (χ0v) is 27.9. The van der Waals surface area contributed by atoms with Crippen molar-refractivity contribution in [3.63, 3.8) is 0 Å². The van der Waals surface area contributed by atoms with Gasteiger partial charge in [0.1, 0.15) is 5.56 Å². The number of rotatable bonds is 7. The summed E-state index contributed by atoms with van der Waals surface area (Å²) in [5.41, 5.74) is 4.50. The number of hydrogen-bond acceptors (Lipinski definition) is 7. The van der Waals surface area contributed by atoms with E-state index in [4.69, 9.17) is 0 Å². The number of para-hydroxylation sites is 1. The molecule has 4 aromatic heterocycles. The number of fused-ring (bicyclic) bond motifs is 1. The first-order chi connectivity index (χ1) is 23.6. The van der Waals surface area contributed by atoms with E-state index in [1.54, 1.807) is 27.7 Å². The van der Waals surface area contributed by atoms with Gasteiger partial charge in [-0.3, -0.25) is 23.6 Å². The van der Waals surface area contributed by atoms with Gasteiger partial charge in [-0.25, -0.2) is 14.2 Å². The second-order valence-corrected chi connectivity index (χ2v) is 13.5. The van der Waals surface area contributed by atoms with Gasteiger partial charge >= 0.3 is 0 Å². The highest BCUT2D eigenvalue weighted by atomic mass is 32.2. The Labute approximate surface area is 282 Å². The van der Waals surface area contributed by atoms with Crippen LogP contribution in [0, 0.1) is 11.8 Å². The highest BCUT2D eigenvalue weighted by Gasteiger charge is 2.30. The third kappa shape index (κ3) is 5.94. The van der Waals surface area contributed by atoms with Crippen LogP contribution in [0.4, 0.5) is 5.82 Å². The van der Waals surface area contributed by atoms with Gasteiger partial charge in [0.05, 0.1) is 28.9 Å². The monoisotopic (exact) mass is 675 g/mol. The number of aromatic nitrogens is 6. The predicted molar refractivity (Wildman–Crippen MR) is 186 cm³/mol. The average Bonchev–Trinajstić information content (AvgIpc) is 3.61. The summed E-state index contributed by atoms with van der Waals surface area (Å²) in [6, 6.07) is 14.2. The molecule has 0 aliphatic heterocycles. The Morgan fingerprint density at radius 2 is 1.82 bits per heavy atom. The SMILES string of the molecule is CNS(=O)(=O)Nc1nn2cccnc2c1C(=O)N[C@@H](C)c1c2c3c(ccc(C#Cc4cnn(C)c4)c3c(=O)n1-c1ccccc1)CCCC2. The molecule has 248 valence electrons. The van der Waals surface area contributed by atoms with E-state index in [-0.39, 0.29) is 22.6 Å². The smallest absolute Gasteiger partial charge is 0.300 e. The van der Waals surface area contributed by atoms with E-state index < -0.39 is 22.2 Å². The Kier molecular flexibility index (Phi) is 8.23. The molecule has 1 aliphatic rings. The average molecular weight is 676 g/mol. The molecule has 14 heteroatoms. The fourth-order valence-electron chi connectivity index (χ4n) is 6.48. The lowest BCUT2D eigenvalue weighted by atomic mass is 9.92. The summed E-state index contributed by atoms with van der Waals surface area (Å²) in [6.07, 6.45) is 9.87. The quantitative estimate of drug-likeness (QED) is 0.219. The number of amides is 1. The minimum Gasteiger partial charge on any atom is -0.344 e. The first-order valence-corrected chi connectivity index (χ1v) is 17.3. The molecular weight excluding hydrogens is 643 g/mol. The highest BCUT2D eigenvalue weighted by molar-refractivity contribution is 7.90. The van der Waals surface area contributed by atoms with Crippen molar-refractivity contribution in [2.75, 3.05) is 11.8 Å². The molecular formula is C35H33N9O4S. The first-order valence-electron chi connectivity index (χ1n) is 15.8. The van der Waals surface area contributed by atoms with E-state index >= 15 is 0 Å². The second-order valence-electron chi connectivity index (χ2n) is 11.8. The van der Waals surface area contributed by atoms with Crippen molar-refractivity contribution < 1.29 is 13.2 Å². The Hall–Kier alpha value is -5.78. The molecule has 7 rings (SSSR count). The van der Waals surface area contributed by atoms with Crippen molar-refractivity contribution in [1.82, 2.24) is 39.0 Å². The van der Waals surface area contributed by atoms with Gasteiger partial charge in [0.15, 0.2) is 11.5 Å². The third-order valence-electron chi connectivity index (χ3n) is 8.62. The van der Waals surface area contributed by atoms with Gasteiger partial charge < -0.3 is 5.32 Å². The van der Waals surface area contributed by atoms with Gasteiger partial charge in [-0.05, 0) is 73.4 Å². The molecule has 0 saturated carbocycles. The molecule has 13 nitrogen and oxygen atoms in total. The van der Waals surface area contributed by atoms with Crippen LogP contribution in [-0.4, -0.2) is 50.3 Å². The number of hydrogen-bond donors (Lipinski definition) is 3. The number of aryl methyl sites for hydroxylation is 3.